The van der Waals surface area contributed by atoms with E-state index in [1.165, 1.54) is 0 Å². The summed E-state index contributed by atoms with van der Waals surface area (Å²) in [6.07, 6.45) is 4.82. The van der Waals surface area contributed by atoms with Gasteiger partial charge < -0.3 is 20.9 Å². The molecule has 2 fully saturated rings. The molecule has 0 aliphatic carbocycles. The molecule has 0 spiro atoms. The fraction of sp³-hybridized carbons (Fsp3) is 0.391. The molecule has 2 saturated heterocycles. The number of nitrogens with one attached hydrogen (secondary N) is 1. The van der Waals surface area contributed by atoms with E-state index >= 15 is 0 Å². The number of rotatable bonds is 6. The van der Waals surface area contributed by atoms with Crippen LogP contribution in [-0.2, 0) is 16.1 Å². The number of likely N-dealkylation sites (tertiary alicyclic amines) is 1. The second kappa shape index (κ2) is 9.16. The Hall–Kier alpha value is -3.42. The molecule has 3 amide bonds. The van der Waals surface area contributed by atoms with Crippen molar-refractivity contribution >= 4 is 29.2 Å². The zero-order chi connectivity index (χ0) is 21.8. The van der Waals surface area contributed by atoms with Crippen molar-refractivity contribution in [2.75, 3.05) is 29.9 Å². The van der Waals surface area contributed by atoms with E-state index in [-0.39, 0.29) is 23.6 Å². The van der Waals surface area contributed by atoms with E-state index in [9.17, 15) is 14.4 Å². The summed E-state index contributed by atoms with van der Waals surface area (Å²) in [5.41, 5.74) is 7.52. The molecule has 1 aromatic carbocycles. The molecular weight excluding hydrogens is 394 g/mol. The third-order valence-corrected chi connectivity index (χ3v) is 5.89. The molecule has 1 unspecified atom stereocenters. The van der Waals surface area contributed by atoms with Crippen LogP contribution < -0.4 is 16.0 Å². The number of aromatic nitrogens is 1. The minimum atomic E-state index is -0.273. The number of anilines is 2. The third kappa shape index (κ3) is 5.02. The first-order chi connectivity index (χ1) is 15.0. The van der Waals surface area contributed by atoms with Crippen molar-refractivity contribution < 1.29 is 14.4 Å². The fourth-order valence-electron chi connectivity index (χ4n) is 4.17. The number of primary amides is 1. The Balaban J connectivity index is 1.38. The zero-order valence-electron chi connectivity index (χ0n) is 17.4. The standard InChI is InChI=1S/C23H27N5O3/c24-22(30)18-6-2-10-27(15-18)20-9-8-19(13-25-20)26-23(31)17-5-1-4-16(12-17)14-28-11-3-7-21(28)29/h1,4-5,8-9,12-13,18H,2-3,6-7,10-11,14-15H2,(H2,24,30)(H,26,31). The summed E-state index contributed by atoms with van der Waals surface area (Å²) >= 11 is 0. The van der Waals surface area contributed by atoms with Crippen molar-refractivity contribution in [3.63, 3.8) is 0 Å². The van der Waals surface area contributed by atoms with Gasteiger partial charge in [0.15, 0.2) is 0 Å². The molecule has 162 valence electrons. The van der Waals surface area contributed by atoms with Crippen molar-refractivity contribution in [3.8, 4) is 0 Å². The maximum atomic E-state index is 12.7. The first kappa shape index (κ1) is 20.8. The van der Waals surface area contributed by atoms with E-state index in [1.54, 1.807) is 18.3 Å². The molecule has 8 heteroatoms. The second-order valence-corrected chi connectivity index (χ2v) is 8.17. The van der Waals surface area contributed by atoms with Crippen LogP contribution >= 0.6 is 0 Å². The van der Waals surface area contributed by atoms with Gasteiger partial charge in [-0.1, -0.05) is 12.1 Å². The summed E-state index contributed by atoms with van der Waals surface area (Å²) in [5, 5.41) is 2.87. The number of piperidine rings is 1. The van der Waals surface area contributed by atoms with Crippen molar-refractivity contribution in [2.24, 2.45) is 11.7 Å². The predicted molar refractivity (Wildman–Crippen MR) is 117 cm³/mol. The van der Waals surface area contributed by atoms with Gasteiger partial charge in [-0.05, 0) is 49.1 Å². The third-order valence-electron chi connectivity index (χ3n) is 5.89. The Morgan fingerprint density at radius 1 is 1.16 bits per heavy atom. The fourth-order valence-corrected chi connectivity index (χ4v) is 4.17. The topological polar surface area (TPSA) is 109 Å². The summed E-state index contributed by atoms with van der Waals surface area (Å²) in [5.74, 6) is 0.275. The van der Waals surface area contributed by atoms with Crippen LogP contribution in [0.3, 0.4) is 0 Å². The quantitative estimate of drug-likeness (QED) is 0.743. The molecule has 8 nitrogen and oxygen atoms in total. The zero-order valence-corrected chi connectivity index (χ0v) is 17.4. The summed E-state index contributed by atoms with van der Waals surface area (Å²) in [6.45, 7) is 2.69. The smallest absolute Gasteiger partial charge is 0.255 e. The van der Waals surface area contributed by atoms with E-state index in [0.717, 1.165) is 43.7 Å². The molecule has 2 aromatic rings. The minimum Gasteiger partial charge on any atom is -0.369 e. The van der Waals surface area contributed by atoms with Crippen LogP contribution in [0.15, 0.2) is 42.6 Å². The highest BCUT2D eigenvalue weighted by atomic mass is 16.2. The predicted octanol–water partition coefficient (Wildman–Crippen LogP) is 2.16. The highest BCUT2D eigenvalue weighted by molar-refractivity contribution is 6.04. The van der Waals surface area contributed by atoms with E-state index in [0.29, 0.717) is 30.8 Å². The lowest BCUT2D eigenvalue weighted by molar-refractivity contribution is -0.128. The van der Waals surface area contributed by atoms with Gasteiger partial charge >= 0.3 is 0 Å². The summed E-state index contributed by atoms with van der Waals surface area (Å²) < 4.78 is 0. The number of benzene rings is 1. The molecular formula is C23H27N5O3. The first-order valence-corrected chi connectivity index (χ1v) is 10.7. The average Bonchev–Trinajstić information content (AvgIpc) is 3.19. The van der Waals surface area contributed by atoms with E-state index in [4.69, 9.17) is 5.73 Å². The van der Waals surface area contributed by atoms with E-state index in [2.05, 4.69) is 10.3 Å². The van der Waals surface area contributed by atoms with Crippen LogP contribution in [0.1, 0.15) is 41.6 Å². The maximum Gasteiger partial charge on any atom is 0.255 e. The second-order valence-electron chi connectivity index (χ2n) is 8.17. The number of hydrogen-bond donors (Lipinski definition) is 2. The normalized spacial score (nSPS) is 18.8. The minimum absolute atomic E-state index is 0.155. The van der Waals surface area contributed by atoms with Gasteiger partial charge in [0.2, 0.25) is 11.8 Å². The molecule has 2 aliphatic rings. The molecule has 3 heterocycles. The van der Waals surface area contributed by atoms with Crippen molar-refractivity contribution in [3.05, 3.63) is 53.7 Å². The van der Waals surface area contributed by atoms with Crippen LogP contribution in [0.2, 0.25) is 0 Å². The SMILES string of the molecule is NC(=O)C1CCCN(c2ccc(NC(=O)c3cccc(CN4CCCC4=O)c3)cn2)C1. The lowest BCUT2D eigenvalue weighted by Gasteiger charge is -2.32. The number of nitrogens with zero attached hydrogens (tertiary/aromatic N) is 3. The van der Waals surface area contributed by atoms with Gasteiger partial charge in [0.05, 0.1) is 17.8 Å². The summed E-state index contributed by atoms with van der Waals surface area (Å²) in [6, 6.07) is 11.0. The van der Waals surface area contributed by atoms with Crippen LogP contribution in [0, 0.1) is 5.92 Å². The largest absolute Gasteiger partial charge is 0.369 e. The van der Waals surface area contributed by atoms with Gasteiger partial charge in [0.1, 0.15) is 5.82 Å². The Bertz CT molecular complexity index is 975. The molecule has 0 bridgehead atoms. The van der Waals surface area contributed by atoms with Crippen molar-refractivity contribution in [1.82, 2.24) is 9.88 Å². The van der Waals surface area contributed by atoms with Crippen molar-refractivity contribution in [1.29, 1.82) is 0 Å². The van der Waals surface area contributed by atoms with Gasteiger partial charge in [-0.25, -0.2) is 4.98 Å². The van der Waals surface area contributed by atoms with Gasteiger partial charge in [-0.15, -0.1) is 0 Å². The van der Waals surface area contributed by atoms with Crippen molar-refractivity contribution in [2.45, 2.75) is 32.2 Å². The lowest BCUT2D eigenvalue weighted by atomic mass is 9.97. The lowest BCUT2D eigenvalue weighted by Crippen LogP contribution is -2.41. The Kier molecular flexibility index (Phi) is 6.16. The number of nitrogens with two attached hydrogens (primary N) is 1. The number of amides is 3. The van der Waals surface area contributed by atoms with Crippen LogP contribution in [0.4, 0.5) is 11.5 Å². The van der Waals surface area contributed by atoms with Crippen LogP contribution in [0.25, 0.3) is 0 Å². The first-order valence-electron chi connectivity index (χ1n) is 10.7. The van der Waals surface area contributed by atoms with Gasteiger partial charge in [-0.2, -0.15) is 0 Å². The van der Waals surface area contributed by atoms with Gasteiger partial charge in [0.25, 0.3) is 5.91 Å². The Labute approximate surface area is 181 Å². The molecule has 0 saturated carbocycles. The highest BCUT2D eigenvalue weighted by Crippen LogP contribution is 2.23. The highest BCUT2D eigenvalue weighted by Gasteiger charge is 2.25. The number of carbonyl (C=O) groups is 3. The van der Waals surface area contributed by atoms with E-state index in [1.807, 2.05) is 34.1 Å². The average molecular weight is 422 g/mol. The number of carbonyl (C=O) groups excluding carboxylic acids is 3. The summed E-state index contributed by atoms with van der Waals surface area (Å²) in [4.78, 5) is 44.3. The molecule has 1 aromatic heterocycles. The van der Waals surface area contributed by atoms with Gasteiger partial charge in [0, 0.05) is 38.2 Å². The molecule has 0 radical (unpaired) electrons. The molecule has 2 aliphatic heterocycles. The Morgan fingerprint density at radius 2 is 2.03 bits per heavy atom. The monoisotopic (exact) mass is 421 g/mol. The number of pyridine rings is 1. The Morgan fingerprint density at radius 3 is 2.74 bits per heavy atom. The molecule has 3 N–H and O–H groups in total. The van der Waals surface area contributed by atoms with E-state index < -0.39 is 0 Å². The summed E-state index contributed by atoms with van der Waals surface area (Å²) in [7, 11) is 0. The molecule has 4 rings (SSSR count). The van der Waals surface area contributed by atoms with Crippen LogP contribution in [-0.4, -0.2) is 47.2 Å². The van der Waals surface area contributed by atoms with Gasteiger partial charge in [-0.3, -0.25) is 14.4 Å². The molecule has 31 heavy (non-hydrogen) atoms. The maximum absolute atomic E-state index is 12.7. The molecule has 1 atom stereocenters. The van der Waals surface area contributed by atoms with Crippen LogP contribution in [0.5, 0.6) is 0 Å². The number of hydrogen-bond acceptors (Lipinski definition) is 5.